The van der Waals surface area contributed by atoms with Crippen molar-refractivity contribution in [2.24, 2.45) is 0 Å². The lowest BCUT2D eigenvalue weighted by molar-refractivity contribution is 0.588. The van der Waals surface area contributed by atoms with Crippen molar-refractivity contribution >= 4 is 23.2 Å². The normalized spacial score (nSPS) is 12.5. The van der Waals surface area contributed by atoms with Gasteiger partial charge < -0.3 is 5.32 Å². The number of aryl methyl sites for hydroxylation is 3. The number of likely N-dealkylation sites (N-methyl/N-ethyl adjacent to an activating group) is 1. The standard InChI is InChI=1S/C18H21Cl2N/c1-11-8-13(3)14(9-12(11)2)18(21-4)10-15-16(19)6-5-7-17(15)20/h5-9,18,21H,10H2,1-4H3. The van der Waals surface area contributed by atoms with E-state index in [1.54, 1.807) is 0 Å². The minimum Gasteiger partial charge on any atom is -0.313 e. The second-order valence-electron chi connectivity index (χ2n) is 5.54. The van der Waals surface area contributed by atoms with Crippen molar-refractivity contribution in [2.45, 2.75) is 33.2 Å². The summed E-state index contributed by atoms with van der Waals surface area (Å²) in [6.45, 7) is 6.44. The number of halogens is 2. The average molecular weight is 322 g/mol. The highest BCUT2D eigenvalue weighted by molar-refractivity contribution is 6.36. The van der Waals surface area contributed by atoms with Crippen LogP contribution in [0.15, 0.2) is 30.3 Å². The van der Waals surface area contributed by atoms with Crippen LogP contribution in [0.1, 0.15) is 33.9 Å². The molecular formula is C18H21Cl2N. The zero-order valence-electron chi connectivity index (χ0n) is 12.9. The van der Waals surface area contributed by atoms with Gasteiger partial charge in [-0.2, -0.15) is 0 Å². The fraction of sp³-hybridized carbons (Fsp3) is 0.333. The average Bonchev–Trinajstić information content (AvgIpc) is 2.43. The third kappa shape index (κ3) is 3.60. The Morgan fingerprint density at radius 2 is 1.52 bits per heavy atom. The molecule has 1 atom stereocenters. The first-order chi connectivity index (χ1) is 9.93. The van der Waals surface area contributed by atoms with E-state index >= 15 is 0 Å². The molecule has 0 saturated carbocycles. The first kappa shape index (κ1) is 16.4. The maximum absolute atomic E-state index is 6.30. The highest BCUT2D eigenvalue weighted by atomic mass is 35.5. The summed E-state index contributed by atoms with van der Waals surface area (Å²) < 4.78 is 0. The number of nitrogens with one attached hydrogen (secondary N) is 1. The Kier molecular flexibility index (Phi) is 5.32. The first-order valence-corrected chi connectivity index (χ1v) is 7.87. The van der Waals surface area contributed by atoms with Crippen LogP contribution in [-0.4, -0.2) is 7.05 Å². The van der Waals surface area contributed by atoms with Crippen LogP contribution in [0.4, 0.5) is 0 Å². The molecule has 0 bridgehead atoms. The minimum atomic E-state index is 0.196. The minimum absolute atomic E-state index is 0.196. The number of benzene rings is 2. The fourth-order valence-electron chi connectivity index (χ4n) is 2.66. The van der Waals surface area contributed by atoms with Crippen molar-refractivity contribution in [1.82, 2.24) is 5.32 Å². The van der Waals surface area contributed by atoms with Crippen molar-refractivity contribution < 1.29 is 0 Å². The van der Waals surface area contributed by atoms with E-state index in [-0.39, 0.29) is 6.04 Å². The molecule has 0 saturated heterocycles. The SMILES string of the molecule is CNC(Cc1c(Cl)cccc1Cl)c1cc(C)c(C)cc1C. The van der Waals surface area contributed by atoms with Gasteiger partial charge in [-0.3, -0.25) is 0 Å². The quantitative estimate of drug-likeness (QED) is 0.792. The van der Waals surface area contributed by atoms with E-state index in [0.717, 1.165) is 22.0 Å². The molecule has 2 aromatic rings. The van der Waals surface area contributed by atoms with Crippen LogP contribution in [0.25, 0.3) is 0 Å². The van der Waals surface area contributed by atoms with Crippen LogP contribution in [0, 0.1) is 20.8 Å². The van der Waals surface area contributed by atoms with Crippen LogP contribution >= 0.6 is 23.2 Å². The second-order valence-corrected chi connectivity index (χ2v) is 6.35. The van der Waals surface area contributed by atoms with E-state index < -0.39 is 0 Å². The number of hydrogen-bond acceptors (Lipinski definition) is 1. The number of hydrogen-bond donors (Lipinski definition) is 1. The molecule has 0 amide bonds. The van der Waals surface area contributed by atoms with Gasteiger partial charge in [0, 0.05) is 16.1 Å². The molecule has 0 aliphatic heterocycles. The van der Waals surface area contributed by atoms with Gasteiger partial charge in [-0.15, -0.1) is 0 Å². The van der Waals surface area contributed by atoms with Gasteiger partial charge in [0.25, 0.3) is 0 Å². The van der Waals surface area contributed by atoms with E-state index in [1.165, 1.54) is 22.3 Å². The Morgan fingerprint density at radius 3 is 2.10 bits per heavy atom. The largest absolute Gasteiger partial charge is 0.313 e. The van der Waals surface area contributed by atoms with Gasteiger partial charge >= 0.3 is 0 Å². The predicted molar refractivity (Wildman–Crippen MR) is 92.6 cm³/mol. The Hall–Kier alpha value is -1.02. The summed E-state index contributed by atoms with van der Waals surface area (Å²) in [7, 11) is 1.98. The van der Waals surface area contributed by atoms with Gasteiger partial charge in [0.2, 0.25) is 0 Å². The molecule has 0 fully saturated rings. The van der Waals surface area contributed by atoms with E-state index in [9.17, 15) is 0 Å². The molecule has 21 heavy (non-hydrogen) atoms. The van der Waals surface area contributed by atoms with Gasteiger partial charge in [-0.25, -0.2) is 0 Å². The molecule has 112 valence electrons. The zero-order valence-corrected chi connectivity index (χ0v) is 14.4. The highest BCUT2D eigenvalue weighted by Gasteiger charge is 2.17. The summed E-state index contributed by atoms with van der Waals surface area (Å²) in [6.07, 6.45) is 0.776. The topological polar surface area (TPSA) is 12.0 Å². The lowest BCUT2D eigenvalue weighted by Crippen LogP contribution is -2.20. The highest BCUT2D eigenvalue weighted by Crippen LogP contribution is 2.31. The molecule has 0 aliphatic carbocycles. The van der Waals surface area contributed by atoms with E-state index in [4.69, 9.17) is 23.2 Å². The smallest absolute Gasteiger partial charge is 0.0453 e. The monoisotopic (exact) mass is 321 g/mol. The van der Waals surface area contributed by atoms with Gasteiger partial charge in [0.1, 0.15) is 0 Å². The lowest BCUT2D eigenvalue weighted by Gasteiger charge is -2.21. The summed E-state index contributed by atoms with van der Waals surface area (Å²) in [5.41, 5.74) is 6.22. The molecule has 1 nitrogen and oxygen atoms in total. The maximum Gasteiger partial charge on any atom is 0.0453 e. The third-order valence-corrected chi connectivity index (χ3v) is 4.78. The summed E-state index contributed by atoms with van der Waals surface area (Å²) in [4.78, 5) is 0. The van der Waals surface area contributed by atoms with E-state index in [0.29, 0.717) is 0 Å². The lowest BCUT2D eigenvalue weighted by atomic mass is 9.92. The summed E-state index contributed by atoms with van der Waals surface area (Å²) in [5, 5.41) is 4.84. The van der Waals surface area contributed by atoms with Gasteiger partial charge in [0.05, 0.1) is 0 Å². The van der Waals surface area contributed by atoms with Crippen molar-refractivity contribution in [3.63, 3.8) is 0 Å². The molecular weight excluding hydrogens is 301 g/mol. The predicted octanol–water partition coefficient (Wildman–Crippen LogP) is 5.42. The Bertz CT molecular complexity index is 630. The zero-order chi connectivity index (χ0) is 15.6. The molecule has 1 N–H and O–H groups in total. The Labute approximate surface area is 137 Å². The number of rotatable bonds is 4. The first-order valence-electron chi connectivity index (χ1n) is 7.12. The van der Waals surface area contributed by atoms with Gasteiger partial charge in [-0.1, -0.05) is 41.4 Å². The third-order valence-electron chi connectivity index (χ3n) is 4.08. The fourth-order valence-corrected chi connectivity index (χ4v) is 3.21. The van der Waals surface area contributed by atoms with Crippen molar-refractivity contribution in [3.05, 3.63) is 68.2 Å². The molecule has 1 unspecified atom stereocenters. The van der Waals surface area contributed by atoms with Gasteiger partial charge in [-0.05, 0) is 74.2 Å². The van der Waals surface area contributed by atoms with Crippen LogP contribution in [0.3, 0.4) is 0 Å². The van der Waals surface area contributed by atoms with E-state index in [1.807, 2.05) is 25.2 Å². The second kappa shape index (κ2) is 6.83. The molecule has 2 aromatic carbocycles. The van der Waals surface area contributed by atoms with E-state index in [2.05, 4.69) is 38.2 Å². The van der Waals surface area contributed by atoms with Gasteiger partial charge in [0.15, 0.2) is 0 Å². The molecule has 3 heteroatoms. The molecule has 0 heterocycles. The molecule has 0 aliphatic rings. The molecule has 2 rings (SSSR count). The summed E-state index contributed by atoms with van der Waals surface area (Å²) >= 11 is 12.6. The molecule has 0 aromatic heterocycles. The van der Waals surface area contributed by atoms with Crippen molar-refractivity contribution in [2.75, 3.05) is 7.05 Å². The van der Waals surface area contributed by atoms with Crippen LogP contribution in [0.2, 0.25) is 10.0 Å². The molecule has 0 spiro atoms. The van der Waals surface area contributed by atoms with Crippen molar-refractivity contribution in [1.29, 1.82) is 0 Å². The Balaban J connectivity index is 2.39. The summed E-state index contributed by atoms with van der Waals surface area (Å²) in [6, 6.07) is 10.4. The maximum atomic E-state index is 6.30. The Morgan fingerprint density at radius 1 is 0.952 bits per heavy atom. The summed E-state index contributed by atoms with van der Waals surface area (Å²) in [5.74, 6) is 0. The van der Waals surface area contributed by atoms with Crippen LogP contribution in [0.5, 0.6) is 0 Å². The van der Waals surface area contributed by atoms with Crippen LogP contribution in [-0.2, 0) is 6.42 Å². The molecule has 0 radical (unpaired) electrons. The van der Waals surface area contributed by atoms with Crippen molar-refractivity contribution in [3.8, 4) is 0 Å². The van der Waals surface area contributed by atoms with Crippen LogP contribution < -0.4 is 5.32 Å².